The van der Waals surface area contributed by atoms with Crippen molar-refractivity contribution in [1.29, 1.82) is 0 Å². The van der Waals surface area contributed by atoms with Crippen LogP contribution in [-0.2, 0) is 4.74 Å². The zero-order valence-electron chi connectivity index (χ0n) is 17.4. The Balaban J connectivity index is 1.76. The number of β-amino-alcohol motifs (C(OH)–C–C–N with tert-alkyl or cyclic N) is 1. The number of hydrogen-bond donors (Lipinski definition) is 2. The first-order chi connectivity index (χ1) is 13.6. The highest BCUT2D eigenvalue weighted by Gasteiger charge is 2.37. The molecule has 29 heavy (non-hydrogen) atoms. The van der Waals surface area contributed by atoms with Crippen LogP contribution in [-0.4, -0.2) is 68.8 Å². The van der Waals surface area contributed by atoms with E-state index in [9.17, 15) is 14.7 Å². The van der Waals surface area contributed by atoms with Gasteiger partial charge in [-0.25, -0.2) is 9.78 Å². The van der Waals surface area contributed by atoms with Crippen LogP contribution in [0.5, 0.6) is 5.75 Å². The van der Waals surface area contributed by atoms with Crippen LogP contribution in [0, 0.1) is 6.92 Å². The lowest BCUT2D eigenvalue weighted by Gasteiger charge is -2.24. The number of fused-ring (bicyclic) bond motifs is 1. The molecule has 3 heterocycles. The second-order valence-electron chi connectivity index (χ2n) is 8.08. The van der Waals surface area contributed by atoms with Crippen LogP contribution < -0.4 is 10.1 Å². The van der Waals surface area contributed by atoms with Crippen LogP contribution in [0.3, 0.4) is 0 Å². The van der Waals surface area contributed by atoms with E-state index in [1.165, 1.54) is 4.90 Å². The summed E-state index contributed by atoms with van der Waals surface area (Å²) < 4.78 is 12.6. The monoisotopic (exact) mass is 404 g/mol. The Morgan fingerprint density at radius 3 is 2.72 bits per heavy atom. The maximum Gasteiger partial charge on any atom is 0.410 e. The summed E-state index contributed by atoms with van der Waals surface area (Å²) in [7, 11) is 0. The molecule has 1 fully saturated rings. The molecule has 1 aliphatic rings. The maximum atomic E-state index is 13.0. The van der Waals surface area contributed by atoms with Crippen LogP contribution in [0.4, 0.5) is 4.79 Å². The highest BCUT2D eigenvalue weighted by molar-refractivity contribution is 5.95. The lowest BCUT2D eigenvalue weighted by Crippen LogP contribution is -2.43. The fourth-order valence-corrected chi connectivity index (χ4v) is 3.34. The predicted molar refractivity (Wildman–Crippen MR) is 106 cm³/mol. The number of aliphatic hydroxyl groups excluding tert-OH is 1. The number of imidazole rings is 1. The molecule has 158 valence electrons. The van der Waals surface area contributed by atoms with E-state index in [1.807, 2.05) is 6.92 Å². The van der Waals surface area contributed by atoms with E-state index in [1.54, 1.807) is 50.4 Å². The van der Waals surface area contributed by atoms with Crippen LogP contribution in [0.25, 0.3) is 5.65 Å². The lowest BCUT2D eigenvalue weighted by atomic mass is 10.2. The van der Waals surface area contributed by atoms with Crippen molar-refractivity contribution in [3.63, 3.8) is 0 Å². The minimum absolute atomic E-state index is 0.0977. The molecule has 1 saturated heterocycles. The molecule has 2 N–H and O–H groups in total. The van der Waals surface area contributed by atoms with E-state index in [2.05, 4.69) is 10.3 Å². The number of pyridine rings is 1. The summed E-state index contributed by atoms with van der Waals surface area (Å²) >= 11 is 0. The molecule has 2 aromatic heterocycles. The van der Waals surface area contributed by atoms with Crippen molar-refractivity contribution in [3.8, 4) is 5.75 Å². The van der Waals surface area contributed by atoms with Gasteiger partial charge in [0.2, 0.25) is 0 Å². The van der Waals surface area contributed by atoms with Gasteiger partial charge in [-0.3, -0.25) is 9.20 Å². The molecule has 2 atom stereocenters. The van der Waals surface area contributed by atoms with Crippen LogP contribution in [0.2, 0.25) is 0 Å². The summed E-state index contributed by atoms with van der Waals surface area (Å²) in [4.78, 5) is 31.1. The number of aryl methyl sites for hydroxylation is 1. The van der Waals surface area contributed by atoms with Gasteiger partial charge in [0, 0.05) is 12.7 Å². The van der Waals surface area contributed by atoms with Crippen LogP contribution >= 0.6 is 0 Å². The normalized spacial score (nSPS) is 19.4. The van der Waals surface area contributed by atoms with Gasteiger partial charge in [-0.1, -0.05) is 0 Å². The van der Waals surface area contributed by atoms with E-state index in [-0.39, 0.29) is 19.0 Å². The number of likely N-dealkylation sites (tertiary alicyclic amines) is 1. The van der Waals surface area contributed by atoms with E-state index in [0.717, 1.165) is 0 Å². The zero-order valence-corrected chi connectivity index (χ0v) is 17.4. The molecule has 0 aromatic carbocycles. The number of nitrogens with zero attached hydrogens (tertiary/aromatic N) is 3. The average Bonchev–Trinajstić information content (AvgIpc) is 3.14. The molecule has 2 aromatic rings. The van der Waals surface area contributed by atoms with Crippen LogP contribution in [0.15, 0.2) is 18.3 Å². The van der Waals surface area contributed by atoms with Crippen molar-refractivity contribution < 1.29 is 24.2 Å². The molecule has 9 heteroatoms. The highest BCUT2D eigenvalue weighted by atomic mass is 16.6. The van der Waals surface area contributed by atoms with Crippen molar-refractivity contribution in [2.24, 2.45) is 0 Å². The number of rotatable bonds is 4. The van der Waals surface area contributed by atoms with Crippen molar-refractivity contribution >= 4 is 17.6 Å². The molecular formula is C20H28N4O5. The van der Waals surface area contributed by atoms with Crippen LogP contribution in [0.1, 0.15) is 43.9 Å². The number of nitrogens with one attached hydrogen (secondary N) is 1. The molecule has 0 bridgehead atoms. The SMILES string of the molecule is CCOc1cccn2c(C(=O)N[C@@H]3CN(C(=O)OC(C)(C)C)C[C@H]3O)c(C)nc12. The molecule has 9 nitrogen and oxygen atoms in total. The fraction of sp³-hybridized carbons (Fsp3) is 0.550. The Bertz CT molecular complexity index is 917. The molecule has 3 rings (SSSR count). The first-order valence-corrected chi connectivity index (χ1v) is 9.68. The number of aliphatic hydroxyl groups is 1. The first-order valence-electron chi connectivity index (χ1n) is 9.68. The maximum absolute atomic E-state index is 13.0. The van der Waals surface area contributed by atoms with E-state index in [0.29, 0.717) is 29.4 Å². The molecular weight excluding hydrogens is 376 g/mol. The Labute approximate surface area is 169 Å². The predicted octanol–water partition coefficient (Wildman–Crippen LogP) is 1.75. The number of ether oxygens (including phenoxy) is 2. The van der Waals surface area contributed by atoms with Gasteiger partial charge < -0.3 is 24.8 Å². The van der Waals surface area contributed by atoms with E-state index >= 15 is 0 Å². The zero-order chi connectivity index (χ0) is 21.3. The van der Waals surface area contributed by atoms with Gasteiger partial charge >= 0.3 is 6.09 Å². The number of aromatic nitrogens is 2. The summed E-state index contributed by atoms with van der Waals surface area (Å²) in [6.07, 6.45) is 0.343. The molecule has 0 spiro atoms. The average molecular weight is 404 g/mol. The molecule has 0 unspecified atom stereocenters. The Morgan fingerprint density at radius 2 is 2.07 bits per heavy atom. The molecule has 0 aliphatic carbocycles. The number of carbonyl (C=O) groups is 2. The van der Waals surface area contributed by atoms with Gasteiger partial charge in [0.05, 0.1) is 31.0 Å². The fourth-order valence-electron chi connectivity index (χ4n) is 3.34. The number of hydrogen-bond acceptors (Lipinski definition) is 6. The Hall–Kier alpha value is -2.81. The third kappa shape index (κ3) is 4.45. The highest BCUT2D eigenvalue weighted by Crippen LogP contribution is 2.23. The third-order valence-electron chi connectivity index (χ3n) is 4.56. The molecule has 0 saturated carbocycles. The second-order valence-corrected chi connectivity index (χ2v) is 8.08. The Kier molecular flexibility index (Phi) is 5.70. The lowest BCUT2D eigenvalue weighted by molar-refractivity contribution is 0.0269. The molecule has 2 amide bonds. The van der Waals surface area contributed by atoms with Gasteiger partial charge in [0.15, 0.2) is 11.4 Å². The summed E-state index contributed by atoms with van der Waals surface area (Å²) in [5.41, 5.74) is 0.838. The van der Waals surface area contributed by atoms with Crippen molar-refractivity contribution in [2.75, 3.05) is 19.7 Å². The molecule has 1 aliphatic heterocycles. The minimum atomic E-state index is -0.884. The largest absolute Gasteiger partial charge is 0.490 e. The van der Waals surface area contributed by atoms with Gasteiger partial charge in [-0.15, -0.1) is 0 Å². The third-order valence-corrected chi connectivity index (χ3v) is 4.56. The first kappa shape index (κ1) is 20.9. The van der Waals surface area contributed by atoms with Crippen molar-refractivity contribution in [1.82, 2.24) is 19.6 Å². The molecule has 0 radical (unpaired) electrons. The summed E-state index contributed by atoms with van der Waals surface area (Å²) in [5.74, 6) is 0.216. The summed E-state index contributed by atoms with van der Waals surface area (Å²) in [6.45, 7) is 9.72. The van der Waals surface area contributed by atoms with E-state index < -0.39 is 23.8 Å². The van der Waals surface area contributed by atoms with Crippen molar-refractivity contribution in [3.05, 3.63) is 29.7 Å². The second kappa shape index (κ2) is 7.90. The standard InChI is InChI=1S/C20H28N4O5/c1-6-28-15-8-7-9-24-16(12(2)21-17(15)24)18(26)22-13-10-23(11-14(13)25)19(27)29-20(3,4)5/h7-9,13-14,25H,6,10-11H2,1-5H3,(H,22,26)/t13-,14-/m1/s1. The van der Waals surface area contributed by atoms with E-state index in [4.69, 9.17) is 9.47 Å². The quantitative estimate of drug-likeness (QED) is 0.804. The van der Waals surface area contributed by atoms with Gasteiger partial charge in [-0.2, -0.15) is 0 Å². The number of carbonyl (C=O) groups excluding carboxylic acids is 2. The topological polar surface area (TPSA) is 105 Å². The van der Waals surface area contributed by atoms with Gasteiger partial charge in [0.1, 0.15) is 11.3 Å². The van der Waals surface area contributed by atoms with Gasteiger partial charge in [-0.05, 0) is 46.8 Å². The smallest absolute Gasteiger partial charge is 0.410 e. The summed E-state index contributed by atoms with van der Waals surface area (Å²) in [5, 5.41) is 13.2. The minimum Gasteiger partial charge on any atom is -0.490 e. The summed E-state index contributed by atoms with van der Waals surface area (Å²) in [6, 6.07) is 2.98. The van der Waals surface area contributed by atoms with Crippen molar-refractivity contribution in [2.45, 2.75) is 52.4 Å². The Morgan fingerprint density at radius 1 is 1.34 bits per heavy atom. The number of amides is 2. The van der Waals surface area contributed by atoms with Gasteiger partial charge in [0.25, 0.3) is 5.91 Å².